The monoisotopic (exact) mass is 449 g/mol. The number of carbonyl (C=O) groups is 2. The van der Waals surface area contributed by atoms with Crippen molar-refractivity contribution in [3.63, 3.8) is 0 Å². The second-order valence-electron chi connectivity index (χ2n) is 9.97. The van der Waals surface area contributed by atoms with Crippen molar-refractivity contribution >= 4 is 17.4 Å². The number of nitrogens with zero attached hydrogens (tertiary/aromatic N) is 2. The molecule has 2 N–H and O–H groups in total. The third kappa shape index (κ3) is 4.45. The summed E-state index contributed by atoms with van der Waals surface area (Å²) in [5.41, 5.74) is 6.31. The molecule has 0 saturated carbocycles. The van der Waals surface area contributed by atoms with Crippen molar-refractivity contribution in [1.29, 1.82) is 0 Å². The predicted molar refractivity (Wildman–Crippen MR) is 127 cm³/mol. The summed E-state index contributed by atoms with van der Waals surface area (Å²) in [6.45, 7) is 11.2. The molecule has 0 fully saturated rings. The second kappa shape index (κ2) is 8.54. The Morgan fingerprint density at radius 3 is 2.70 bits per heavy atom. The summed E-state index contributed by atoms with van der Waals surface area (Å²) in [4.78, 5) is 24.8. The first-order chi connectivity index (χ1) is 15.6. The maximum Gasteiger partial charge on any atom is 0.307 e. The van der Waals surface area contributed by atoms with Gasteiger partial charge < -0.3 is 15.2 Å². The number of amides is 1. The van der Waals surface area contributed by atoms with E-state index in [4.69, 9.17) is 4.74 Å². The zero-order chi connectivity index (χ0) is 23.9. The Labute approximate surface area is 193 Å². The first-order valence-electron chi connectivity index (χ1n) is 11.3. The molecule has 0 aliphatic carbocycles. The number of nitrogens with one attached hydrogen (secondary N) is 1. The van der Waals surface area contributed by atoms with Gasteiger partial charge in [0.1, 0.15) is 5.75 Å². The van der Waals surface area contributed by atoms with Crippen LogP contribution in [0.1, 0.15) is 59.9 Å². The molecule has 0 spiro atoms. The summed E-state index contributed by atoms with van der Waals surface area (Å²) >= 11 is 0. The number of rotatable bonds is 5. The van der Waals surface area contributed by atoms with Crippen molar-refractivity contribution in [2.75, 3.05) is 13.2 Å². The molecule has 174 valence electrons. The van der Waals surface area contributed by atoms with Gasteiger partial charge in [-0.1, -0.05) is 26.8 Å². The third-order valence-electron chi connectivity index (χ3n) is 6.10. The Morgan fingerprint density at radius 2 is 2.00 bits per heavy atom. The fraction of sp³-hybridized carbons (Fsp3) is 0.423. The predicted octanol–water partition coefficient (Wildman–Crippen LogP) is 4.35. The van der Waals surface area contributed by atoms with E-state index in [9.17, 15) is 14.7 Å². The molecule has 0 radical (unpaired) electrons. The number of ether oxygens (including phenoxy) is 1. The highest BCUT2D eigenvalue weighted by Gasteiger charge is 2.25. The molecular weight excluding hydrogens is 418 g/mol. The lowest BCUT2D eigenvalue weighted by Gasteiger charge is -2.21. The number of aromatic nitrogens is 2. The molecule has 33 heavy (non-hydrogen) atoms. The summed E-state index contributed by atoms with van der Waals surface area (Å²) < 4.78 is 7.46. The van der Waals surface area contributed by atoms with E-state index in [-0.39, 0.29) is 17.7 Å². The molecule has 0 unspecified atom stereocenters. The van der Waals surface area contributed by atoms with E-state index in [0.29, 0.717) is 29.8 Å². The SMILES string of the molecule is Cc1c(-c2ccc3c(c2)CCCO3)c(CC(=O)O)c(C)n2ncc(C(=O)NCC(C)(C)C)c12. The molecule has 7 nitrogen and oxygen atoms in total. The van der Waals surface area contributed by atoms with Gasteiger partial charge in [-0.3, -0.25) is 9.59 Å². The van der Waals surface area contributed by atoms with E-state index in [1.807, 2.05) is 26.0 Å². The van der Waals surface area contributed by atoms with Crippen LogP contribution in [-0.4, -0.2) is 39.7 Å². The minimum Gasteiger partial charge on any atom is -0.493 e. The number of carboxylic acid groups (broad SMARTS) is 1. The van der Waals surface area contributed by atoms with Crippen LogP contribution in [0.3, 0.4) is 0 Å². The molecule has 4 rings (SSSR count). The van der Waals surface area contributed by atoms with Gasteiger partial charge in [0, 0.05) is 12.2 Å². The molecular formula is C26H31N3O4. The standard InChI is InChI=1S/C26H31N3O4/c1-15-23(18-8-9-21-17(11-18)7-6-10-33-21)19(12-22(30)31)16(2)29-24(15)20(13-28-29)25(32)27-14-26(3,4)5/h8-9,11,13H,6-7,10,12,14H2,1-5H3,(H,27,32)(H,30,31). The normalized spacial score (nSPS) is 13.5. The first-order valence-corrected chi connectivity index (χ1v) is 11.3. The molecule has 0 bridgehead atoms. The Kier molecular flexibility index (Phi) is 5.91. The maximum absolute atomic E-state index is 13.1. The van der Waals surface area contributed by atoms with Crippen molar-refractivity contribution < 1.29 is 19.4 Å². The highest BCUT2D eigenvalue weighted by molar-refractivity contribution is 6.03. The van der Waals surface area contributed by atoms with Crippen molar-refractivity contribution in [3.05, 3.63) is 52.3 Å². The van der Waals surface area contributed by atoms with E-state index in [2.05, 4.69) is 37.3 Å². The molecule has 3 aromatic rings. The van der Waals surface area contributed by atoms with Gasteiger partial charge in [-0.2, -0.15) is 5.10 Å². The summed E-state index contributed by atoms with van der Waals surface area (Å²) in [5.74, 6) is -0.209. The molecule has 3 heterocycles. The van der Waals surface area contributed by atoms with E-state index < -0.39 is 5.97 Å². The Balaban J connectivity index is 1.91. The van der Waals surface area contributed by atoms with E-state index in [1.54, 1.807) is 10.7 Å². The molecule has 1 amide bonds. The molecule has 1 aromatic carbocycles. The zero-order valence-electron chi connectivity index (χ0n) is 19.9. The Morgan fingerprint density at radius 1 is 1.24 bits per heavy atom. The molecule has 7 heteroatoms. The van der Waals surface area contributed by atoms with Crippen molar-refractivity contribution in [2.24, 2.45) is 5.41 Å². The number of benzene rings is 1. The highest BCUT2D eigenvalue weighted by Crippen LogP contribution is 2.37. The topological polar surface area (TPSA) is 92.9 Å². The van der Waals surface area contributed by atoms with Gasteiger partial charge in [-0.05, 0) is 72.1 Å². The molecule has 1 aliphatic rings. The lowest BCUT2D eigenvalue weighted by molar-refractivity contribution is -0.136. The minimum atomic E-state index is -0.908. The molecule has 0 atom stereocenters. The quantitative estimate of drug-likeness (QED) is 0.604. The van der Waals surface area contributed by atoms with Crippen molar-refractivity contribution in [1.82, 2.24) is 14.9 Å². The zero-order valence-corrected chi connectivity index (χ0v) is 19.9. The summed E-state index contributed by atoms with van der Waals surface area (Å²) in [6.07, 6.45) is 3.32. The van der Waals surface area contributed by atoms with Gasteiger partial charge in [0.25, 0.3) is 5.91 Å². The lowest BCUT2D eigenvalue weighted by atomic mass is 9.89. The number of carbonyl (C=O) groups excluding carboxylic acids is 1. The third-order valence-corrected chi connectivity index (χ3v) is 6.10. The van der Waals surface area contributed by atoms with E-state index in [1.165, 1.54) is 0 Å². The Hall–Kier alpha value is -3.35. The molecule has 1 aliphatic heterocycles. The van der Waals surface area contributed by atoms with Crippen LogP contribution < -0.4 is 10.1 Å². The van der Waals surface area contributed by atoms with Gasteiger partial charge in [0.15, 0.2) is 0 Å². The number of aliphatic carboxylic acids is 1. The van der Waals surface area contributed by atoms with Crippen LogP contribution in [-0.2, 0) is 17.6 Å². The summed E-state index contributed by atoms with van der Waals surface area (Å²) in [7, 11) is 0. The first kappa shape index (κ1) is 22.8. The summed E-state index contributed by atoms with van der Waals surface area (Å²) in [6, 6.07) is 6.03. The van der Waals surface area contributed by atoms with Crippen molar-refractivity contribution in [2.45, 2.75) is 53.9 Å². The van der Waals surface area contributed by atoms with Gasteiger partial charge in [0.2, 0.25) is 0 Å². The summed E-state index contributed by atoms with van der Waals surface area (Å²) in [5, 5.41) is 17.1. The minimum absolute atomic E-state index is 0.0470. The number of pyridine rings is 1. The molecule has 0 saturated heterocycles. The Bertz CT molecular complexity index is 1250. The number of aryl methyl sites for hydroxylation is 3. The second-order valence-corrected chi connectivity index (χ2v) is 9.97. The van der Waals surface area contributed by atoms with Crippen LogP contribution in [0, 0.1) is 19.3 Å². The molecule has 2 aromatic heterocycles. The lowest BCUT2D eigenvalue weighted by Crippen LogP contribution is -2.32. The van der Waals surface area contributed by atoms with Gasteiger partial charge in [0.05, 0.1) is 30.3 Å². The number of hydrogen-bond acceptors (Lipinski definition) is 4. The van der Waals surface area contributed by atoms with Gasteiger partial charge in [-0.25, -0.2) is 4.52 Å². The fourth-order valence-corrected chi connectivity index (χ4v) is 4.50. The largest absolute Gasteiger partial charge is 0.493 e. The average molecular weight is 450 g/mol. The number of hydrogen-bond donors (Lipinski definition) is 2. The fourth-order valence-electron chi connectivity index (χ4n) is 4.50. The highest BCUT2D eigenvalue weighted by atomic mass is 16.5. The van der Waals surface area contributed by atoms with Crippen LogP contribution in [0.15, 0.2) is 24.4 Å². The average Bonchev–Trinajstić information content (AvgIpc) is 3.20. The van der Waals surface area contributed by atoms with Crippen LogP contribution in [0.5, 0.6) is 5.75 Å². The maximum atomic E-state index is 13.1. The number of fused-ring (bicyclic) bond motifs is 2. The van der Waals surface area contributed by atoms with Gasteiger partial charge >= 0.3 is 5.97 Å². The van der Waals surface area contributed by atoms with Crippen LogP contribution in [0.4, 0.5) is 0 Å². The van der Waals surface area contributed by atoms with Crippen LogP contribution in [0.2, 0.25) is 0 Å². The van der Waals surface area contributed by atoms with E-state index >= 15 is 0 Å². The number of carboxylic acids is 1. The smallest absolute Gasteiger partial charge is 0.307 e. The van der Waals surface area contributed by atoms with Crippen LogP contribution >= 0.6 is 0 Å². The van der Waals surface area contributed by atoms with Crippen molar-refractivity contribution in [3.8, 4) is 16.9 Å². The van der Waals surface area contributed by atoms with E-state index in [0.717, 1.165) is 46.5 Å². The van der Waals surface area contributed by atoms with Gasteiger partial charge in [-0.15, -0.1) is 0 Å². The van der Waals surface area contributed by atoms with Crippen LogP contribution in [0.25, 0.3) is 16.6 Å².